The minimum atomic E-state index is -0.754. The van der Waals surface area contributed by atoms with Crippen LogP contribution in [0.5, 0.6) is 0 Å². The van der Waals surface area contributed by atoms with Crippen molar-refractivity contribution in [1.82, 2.24) is 15.7 Å². The number of benzene rings is 1. The highest BCUT2D eigenvalue weighted by Gasteiger charge is 2.42. The highest BCUT2D eigenvalue weighted by molar-refractivity contribution is 5.87. The lowest BCUT2D eigenvalue weighted by Crippen LogP contribution is -2.53. The molecule has 33 heavy (non-hydrogen) atoms. The maximum Gasteiger partial charge on any atom is 0.407 e. The Hall–Kier alpha value is -2.85. The third kappa shape index (κ3) is 5.75. The van der Waals surface area contributed by atoms with Crippen molar-refractivity contribution in [2.24, 2.45) is 11.8 Å². The van der Waals surface area contributed by atoms with Crippen molar-refractivity contribution in [2.45, 2.75) is 37.8 Å². The second-order valence-corrected chi connectivity index (χ2v) is 8.88. The summed E-state index contributed by atoms with van der Waals surface area (Å²) in [4.78, 5) is 41.9. The Morgan fingerprint density at radius 3 is 2.42 bits per heavy atom. The standard InChI is InChI=1S/C23H32N4O6/c28-21(25-31)20-14-18(33-23(30)24-16-8-13-32-15-16)6-7-19(20)22(29)27-11-9-26(10-12-27)17-4-2-1-3-5-17/h1-5,16,18-20,31H,6-15H2,(H,24,30)(H,25,28)/t16-,18?,19?,20?/m0/s1. The lowest BCUT2D eigenvalue weighted by Gasteiger charge is -2.40. The largest absolute Gasteiger partial charge is 0.446 e. The molecule has 10 heteroatoms. The smallest absolute Gasteiger partial charge is 0.407 e. The van der Waals surface area contributed by atoms with E-state index < -0.39 is 29.9 Å². The number of nitrogens with one attached hydrogen (secondary N) is 2. The second kappa shape index (κ2) is 10.8. The molecule has 0 bridgehead atoms. The van der Waals surface area contributed by atoms with E-state index in [-0.39, 0.29) is 18.4 Å². The topological polar surface area (TPSA) is 120 Å². The summed E-state index contributed by atoms with van der Waals surface area (Å²) in [6, 6.07) is 10.00. The van der Waals surface area contributed by atoms with Crippen molar-refractivity contribution in [3.8, 4) is 0 Å². The van der Waals surface area contributed by atoms with Gasteiger partial charge in [0, 0.05) is 38.5 Å². The van der Waals surface area contributed by atoms with Crippen molar-refractivity contribution in [2.75, 3.05) is 44.3 Å². The summed E-state index contributed by atoms with van der Waals surface area (Å²) in [5.41, 5.74) is 2.82. The Labute approximate surface area is 193 Å². The Kier molecular flexibility index (Phi) is 7.66. The molecule has 0 radical (unpaired) electrons. The second-order valence-electron chi connectivity index (χ2n) is 8.88. The van der Waals surface area contributed by atoms with Gasteiger partial charge in [0.1, 0.15) is 6.10 Å². The molecule has 1 aromatic rings. The van der Waals surface area contributed by atoms with Gasteiger partial charge in [-0.15, -0.1) is 0 Å². The van der Waals surface area contributed by atoms with Crippen LogP contribution in [0.2, 0.25) is 0 Å². The molecule has 4 atom stereocenters. The maximum atomic E-state index is 13.3. The first kappa shape index (κ1) is 23.3. The highest BCUT2D eigenvalue weighted by atomic mass is 16.6. The van der Waals surface area contributed by atoms with E-state index in [1.54, 1.807) is 10.4 Å². The Morgan fingerprint density at radius 2 is 1.76 bits per heavy atom. The number of carbonyl (C=O) groups excluding carboxylic acids is 3. The average Bonchev–Trinajstić information content (AvgIpc) is 3.36. The summed E-state index contributed by atoms with van der Waals surface area (Å²) >= 11 is 0. The molecule has 1 aliphatic carbocycles. The van der Waals surface area contributed by atoms with Gasteiger partial charge >= 0.3 is 6.09 Å². The predicted octanol–water partition coefficient (Wildman–Crippen LogP) is 1.14. The fourth-order valence-electron chi connectivity index (χ4n) is 4.97. The van der Waals surface area contributed by atoms with Gasteiger partial charge in [0.25, 0.3) is 0 Å². The predicted molar refractivity (Wildman–Crippen MR) is 119 cm³/mol. The van der Waals surface area contributed by atoms with E-state index in [2.05, 4.69) is 22.3 Å². The molecule has 2 heterocycles. The summed E-state index contributed by atoms with van der Waals surface area (Å²) in [5.74, 6) is -2.00. The number of rotatable bonds is 5. The van der Waals surface area contributed by atoms with Crippen LogP contribution < -0.4 is 15.7 Å². The van der Waals surface area contributed by atoms with Crippen LogP contribution in [0.3, 0.4) is 0 Å². The lowest BCUT2D eigenvalue weighted by molar-refractivity contribution is -0.149. The average molecular weight is 461 g/mol. The number of carbonyl (C=O) groups is 3. The van der Waals surface area contributed by atoms with E-state index in [4.69, 9.17) is 9.47 Å². The number of hydroxylamine groups is 1. The van der Waals surface area contributed by atoms with Crippen molar-refractivity contribution >= 4 is 23.6 Å². The number of anilines is 1. The van der Waals surface area contributed by atoms with E-state index >= 15 is 0 Å². The molecule has 3 unspecified atom stereocenters. The number of para-hydroxylation sites is 1. The molecule has 4 rings (SSSR count). The molecule has 0 spiro atoms. The molecule has 1 saturated carbocycles. The molecule has 1 aromatic carbocycles. The Morgan fingerprint density at radius 1 is 1.00 bits per heavy atom. The van der Waals surface area contributed by atoms with Crippen molar-refractivity contribution in [3.05, 3.63) is 30.3 Å². The summed E-state index contributed by atoms with van der Waals surface area (Å²) < 4.78 is 10.8. The van der Waals surface area contributed by atoms with E-state index in [0.717, 1.165) is 25.2 Å². The van der Waals surface area contributed by atoms with E-state index in [0.29, 0.717) is 39.1 Å². The molecular weight excluding hydrogens is 428 g/mol. The van der Waals surface area contributed by atoms with Crippen LogP contribution in [0.25, 0.3) is 0 Å². The number of amides is 3. The number of hydrogen-bond donors (Lipinski definition) is 3. The first-order valence-corrected chi connectivity index (χ1v) is 11.6. The van der Waals surface area contributed by atoms with Crippen molar-refractivity contribution in [3.63, 3.8) is 0 Å². The minimum absolute atomic E-state index is 0.0680. The molecule has 3 amide bonds. The number of hydrogen-bond acceptors (Lipinski definition) is 7. The van der Waals surface area contributed by atoms with Crippen LogP contribution in [0.1, 0.15) is 25.7 Å². The third-order valence-corrected chi connectivity index (χ3v) is 6.80. The van der Waals surface area contributed by atoms with Gasteiger partial charge in [0.05, 0.1) is 24.5 Å². The van der Waals surface area contributed by atoms with E-state index in [1.165, 1.54) is 0 Å². The lowest BCUT2D eigenvalue weighted by atomic mass is 9.76. The van der Waals surface area contributed by atoms with E-state index in [1.807, 2.05) is 18.2 Å². The fourth-order valence-corrected chi connectivity index (χ4v) is 4.97. The van der Waals surface area contributed by atoms with Crippen LogP contribution in [0.15, 0.2) is 30.3 Å². The summed E-state index contributed by atoms with van der Waals surface area (Å²) in [6.45, 7) is 3.65. The number of ether oxygens (including phenoxy) is 2. The van der Waals surface area contributed by atoms with Gasteiger partial charge < -0.3 is 24.6 Å². The van der Waals surface area contributed by atoms with Gasteiger partial charge in [-0.1, -0.05) is 18.2 Å². The van der Waals surface area contributed by atoms with Crippen molar-refractivity contribution in [1.29, 1.82) is 0 Å². The molecule has 3 aliphatic rings. The molecule has 2 aliphatic heterocycles. The van der Waals surface area contributed by atoms with Gasteiger partial charge in [-0.25, -0.2) is 10.3 Å². The highest BCUT2D eigenvalue weighted by Crippen LogP contribution is 2.34. The zero-order valence-electron chi connectivity index (χ0n) is 18.7. The first-order chi connectivity index (χ1) is 16.0. The summed E-state index contributed by atoms with van der Waals surface area (Å²) in [7, 11) is 0. The quantitative estimate of drug-likeness (QED) is 0.445. The molecule has 2 saturated heterocycles. The van der Waals surface area contributed by atoms with Crippen LogP contribution >= 0.6 is 0 Å². The Balaban J connectivity index is 1.32. The summed E-state index contributed by atoms with van der Waals surface area (Å²) in [5, 5.41) is 12.0. The number of alkyl carbamates (subject to hydrolysis) is 1. The molecule has 10 nitrogen and oxygen atoms in total. The van der Waals surface area contributed by atoms with Gasteiger partial charge in [-0.05, 0) is 37.8 Å². The van der Waals surface area contributed by atoms with Gasteiger partial charge in [0.2, 0.25) is 11.8 Å². The van der Waals surface area contributed by atoms with Gasteiger partial charge in [0.15, 0.2) is 0 Å². The normalized spacial score (nSPS) is 27.7. The fraction of sp³-hybridized carbons (Fsp3) is 0.609. The van der Waals surface area contributed by atoms with Gasteiger partial charge in [-0.3, -0.25) is 14.8 Å². The Bertz CT molecular complexity index is 824. The minimum Gasteiger partial charge on any atom is -0.446 e. The molecular formula is C23H32N4O6. The number of piperazine rings is 1. The van der Waals surface area contributed by atoms with Gasteiger partial charge in [-0.2, -0.15) is 0 Å². The third-order valence-electron chi connectivity index (χ3n) is 6.80. The molecule has 0 aromatic heterocycles. The maximum absolute atomic E-state index is 13.3. The zero-order valence-corrected chi connectivity index (χ0v) is 18.7. The van der Waals surface area contributed by atoms with Crippen LogP contribution in [-0.2, 0) is 19.1 Å². The molecule has 3 N–H and O–H groups in total. The molecule has 180 valence electrons. The molecule has 3 fully saturated rings. The SMILES string of the molecule is O=C(N[C@H]1CCOC1)OC1CCC(C(=O)N2CCN(c3ccccc3)CC2)C(C(=O)NO)C1. The van der Waals surface area contributed by atoms with Crippen LogP contribution in [0, 0.1) is 11.8 Å². The van der Waals surface area contributed by atoms with E-state index in [9.17, 15) is 19.6 Å². The first-order valence-electron chi connectivity index (χ1n) is 11.6. The van der Waals surface area contributed by atoms with Crippen molar-refractivity contribution < 1.29 is 29.1 Å². The monoisotopic (exact) mass is 460 g/mol. The van der Waals surface area contributed by atoms with Crippen LogP contribution in [0.4, 0.5) is 10.5 Å². The summed E-state index contributed by atoms with van der Waals surface area (Å²) in [6.07, 6.45) is 0.809. The zero-order chi connectivity index (χ0) is 23.2. The van der Waals surface area contributed by atoms with Crippen LogP contribution in [-0.4, -0.2) is 79.6 Å². The number of nitrogens with zero attached hydrogens (tertiary/aromatic N) is 2.